The van der Waals surface area contributed by atoms with Crippen molar-refractivity contribution in [1.82, 2.24) is 20.1 Å². The van der Waals surface area contributed by atoms with E-state index >= 15 is 0 Å². The predicted molar refractivity (Wildman–Crippen MR) is 120 cm³/mol. The Morgan fingerprint density at radius 1 is 1.20 bits per heavy atom. The Bertz CT molecular complexity index is 1160. The summed E-state index contributed by atoms with van der Waals surface area (Å²) >= 11 is 0. The first-order chi connectivity index (χ1) is 14.4. The van der Waals surface area contributed by atoms with Gasteiger partial charge in [0.25, 0.3) is 5.91 Å². The molecule has 3 aromatic rings. The van der Waals surface area contributed by atoms with Crippen molar-refractivity contribution in [1.29, 1.82) is 0 Å². The number of pyridine rings is 1. The summed E-state index contributed by atoms with van der Waals surface area (Å²) in [6.07, 6.45) is 7.86. The van der Waals surface area contributed by atoms with Gasteiger partial charge in [-0.3, -0.25) is 14.5 Å². The number of aromatic nitrogens is 3. The van der Waals surface area contributed by atoms with Crippen LogP contribution in [0, 0.1) is 13.8 Å². The fraction of sp³-hybridized carbons (Fsp3) is 0.130. The van der Waals surface area contributed by atoms with Gasteiger partial charge < -0.3 is 11.1 Å². The lowest BCUT2D eigenvalue weighted by molar-refractivity contribution is 0.0964. The lowest BCUT2D eigenvalue weighted by atomic mass is 9.98. The van der Waals surface area contributed by atoms with Crippen molar-refractivity contribution >= 4 is 17.7 Å². The highest BCUT2D eigenvalue weighted by atomic mass is 16.1. The normalized spacial score (nSPS) is 11.6. The van der Waals surface area contributed by atoms with Crippen LogP contribution in [0.2, 0.25) is 0 Å². The number of hydrogen-bond donors (Lipinski definition) is 2. The Hall–Kier alpha value is -4.00. The van der Waals surface area contributed by atoms with Gasteiger partial charge in [0.2, 0.25) is 0 Å². The topological polar surface area (TPSA) is 98.2 Å². The molecule has 152 valence electrons. The number of nitrogens with zero attached hydrogens (tertiary/aromatic N) is 4. The van der Waals surface area contributed by atoms with E-state index in [2.05, 4.69) is 27.0 Å². The van der Waals surface area contributed by atoms with Crippen LogP contribution in [0.4, 0.5) is 0 Å². The highest BCUT2D eigenvalue weighted by Gasteiger charge is 2.11. The minimum atomic E-state index is -0.326. The lowest BCUT2D eigenvalue weighted by Crippen LogP contribution is -2.23. The van der Waals surface area contributed by atoms with Crippen molar-refractivity contribution in [3.05, 3.63) is 89.8 Å². The van der Waals surface area contributed by atoms with E-state index in [0.29, 0.717) is 11.1 Å². The van der Waals surface area contributed by atoms with Crippen molar-refractivity contribution in [2.24, 2.45) is 17.8 Å². The Balaban J connectivity index is 1.77. The predicted octanol–water partition coefficient (Wildman–Crippen LogP) is 3.37. The summed E-state index contributed by atoms with van der Waals surface area (Å²) in [7, 11) is 1.88. The molecule has 0 saturated carbocycles. The average Bonchev–Trinajstić information content (AvgIpc) is 3.17. The highest BCUT2D eigenvalue weighted by Crippen LogP contribution is 2.24. The number of rotatable bonds is 6. The molecule has 0 spiro atoms. The van der Waals surface area contributed by atoms with Crippen LogP contribution in [0.15, 0.2) is 72.5 Å². The maximum Gasteiger partial charge on any atom is 0.258 e. The Kier molecular flexibility index (Phi) is 6.22. The molecule has 30 heavy (non-hydrogen) atoms. The average molecular weight is 400 g/mol. The van der Waals surface area contributed by atoms with E-state index in [9.17, 15) is 4.79 Å². The van der Waals surface area contributed by atoms with E-state index in [0.717, 1.165) is 27.9 Å². The minimum absolute atomic E-state index is 0.225. The van der Waals surface area contributed by atoms with Crippen molar-refractivity contribution < 1.29 is 4.79 Å². The third-order valence-electron chi connectivity index (χ3n) is 4.64. The first-order valence-corrected chi connectivity index (χ1v) is 9.37. The van der Waals surface area contributed by atoms with Crippen molar-refractivity contribution in [2.45, 2.75) is 13.8 Å². The van der Waals surface area contributed by atoms with Crippen LogP contribution in [-0.4, -0.2) is 26.9 Å². The number of allylic oxidation sites excluding steroid dienone is 1. The molecule has 0 aliphatic rings. The number of nitrogens with two attached hydrogens (primary N) is 1. The number of aliphatic imine (C=N–C) groups is 1. The van der Waals surface area contributed by atoms with Gasteiger partial charge >= 0.3 is 0 Å². The van der Waals surface area contributed by atoms with Crippen LogP contribution < -0.4 is 11.1 Å². The number of carbonyl (C=O) groups excluding carboxylic acids is 1. The van der Waals surface area contributed by atoms with Gasteiger partial charge in [-0.15, -0.1) is 0 Å². The van der Waals surface area contributed by atoms with Crippen LogP contribution in [0.1, 0.15) is 27.0 Å². The van der Waals surface area contributed by atoms with Crippen LogP contribution in [0.3, 0.4) is 0 Å². The van der Waals surface area contributed by atoms with Gasteiger partial charge in [-0.2, -0.15) is 5.10 Å². The SMILES string of the molecule is C=C(C=N/C(=C\N)NC(=O)c1cnccc1C)c1cc(-c2ccn(C)n2)ccc1C. The summed E-state index contributed by atoms with van der Waals surface area (Å²) in [6, 6.07) is 9.79. The van der Waals surface area contributed by atoms with Crippen molar-refractivity contribution in [2.75, 3.05) is 0 Å². The summed E-state index contributed by atoms with van der Waals surface area (Å²) < 4.78 is 1.76. The molecule has 2 heterocycles. The largest absolute Gasteiger partial charge is 0.402 e. The lowest BCUT2D eigenvalue weighted by Gasteiger charge is -2.09. The molecule has 3 N–H and O–H groups in total. The Labute approximate surface area is 175 Å². The highest BCUT2D eigenvalue weighted by molar-refractivity contribution is 6.10. The number of aryl methyl sites for hydroxylation is 3. The maximum atomic E-state index is 12.5. The van der Waals surface area contributed by atoms with Gasteiger partial charge in [-0.1, -0.05) is 18.7 Å². The number of hydrogen-bond acceptors (Lipinski definition) is 5. The molecule has 0 aliphatic heterocycles. The second kappa shape index (κ2) is 9.00. The Morgan fingerprint density at radius 2 is 1.97 bits per heavy atom. The number of carbonyl (C=O) groups is 1. The zero-order chi connectivity index (χ0) is 21.7. The molecule has 0 fully saturated rings. The molecule has 0 bridgehead atoms. The summed E-state index contributed by atoms with van der Waals surface area (Å²) in [5.41, 5.74) is 11.5. The molecule has 1 amide bonds. The fourth-order valence-corrected chi connectivity index (χ4v) is 2.92. The van der Waals surface area contributed by atoms with E-state index in [1.165, 1.54) is 12.4 Å². The summed E-state index contributed by atoms with van der Waals surface area (Å²) in [5.74, 6) is -0.101. The molecule has 7 heteroatoms. The molecular formula is C23H24N6O. The number of benzene rings is 1. The molecule has 2 aromatic heterocycles. The zero-order valence-corrected chi connectivity index (χ0v) is 17.3. The summed E-state index contributed by atoms with van der Waals surface area (Å²) in [5, 5.41) is 7.13. The quantitative estimate of drug-likeness (QED) is 0.620. The fourth-order valence-electron chi connectivity index (χ4n) is 2.92. The van der Waals surface area contributed by atoms with Gasteiger partial charge in [0, 0.05) is 43.6 Å². The third-order valence-corrected chi connectivity index (χ3v) is 4.64. The van der Waals surface area contributed by atoms with Crippen molar-refractivity contribution in [3.63, 3.8) is 0 Å². The smallest absolute Gasteiger partial charge is 0.258 e. The van der Waals surface area contributed by atoms with Gasteiger partial charge in [0.05, 0.1) is 11.3 Å². The van der Waals surface area contributed by atoms with E-state index < -0.39 is 0 Å². The van der Waals surface area contributed by atoms with Crippen LogP contribution in [-0.2, 0) is 7.05 Å². The monoisotopic (exact) mass is 400 g/mol. The van der Waals surface area contributed by atoms with E-state index in [4.69, 9.17) is 5.73 Å². The minimum Gasteiger partial charge on any atom is -0.402 e. The summed E-state index contributed by atoms with van der Waals surface area (Å²) in [4.78, 5) is 20.7. The second-order valence-corrected chi connectivity index (χ2v) is 6.88. The van der Waals surface area contributed by atoms with Crippen LogP contribution in [0.25, 0.3) is 16.8 Å². The molecule has 1 aromatic carbocycles. The molecule has 0 saturated heterocycles. The molecule has 0 unspecified atom stereocenters. The molecule has 7 nitrogen and oxygen atoms in total. The van der Waals surface area contributed by atoms with Crippen LogP contribution in [0.5, 0.6) is 0 Å². The van der Waals surface area contributed by atoms with E-state index in [1.807, 2.05) is 51.4 Å². The Morgan fingerprint density at radius 3 is 2.63 bits per heavy atom. The summed E-state index contributed by atoms with van der Waals surface area (Å²) in [6.45, 7) is 7.96. The molecular weight excluding hydrogens is 376 g/mol. The molecule has 0 atom stereocenters. The molecule has 0 radical (unpaired) electrons. The molecule has 3 rings (SSSR count). The van der Waals surface area contributed by atoms with Crippen molar-refractivity contribution in [3.8, 4) is 11.3 Å². The maximum absolute atomic E-state index is 12.5. The molecule has 0 aliphatic carbocycles. The second-order valence-electron chi connectivity index (χ2n) is 6.88. The number of amides is 1. The van der Waals surface area contributed by atoms with Gasteiger partial charge in [0.15, 0.2) is 0 Å². The van der Waals surface area contributed by atoms with Gasteiger partial charge in [-0.25, -0.2) is 4.99 Å². The van der Waals surface area contributed by atoms with Gasteiger partial charge in [-0.05, 0) is 54.3 Å². The van der Waals surface area contributed by atoms with E-state index in [1.54, 1.807) is 23.2 Å². The standard InChI is InChI=1S/C23H24N6O/c1-15-5-6-18(21-8-10-29(4)28-21)11-19(15)17(3)13-26-22(12-24)27-23(30)20-14-25-9-7-16(20)2/h5-14H,3,24H2,1-2,4H3,(H,27,30)/b22-12+,26-13?. The van der Waals surface area contributed by atoms with E-state index in [-0.39, 0.29) is 11.7 Å². The third kappa shape index (κ3) is 4.70. The van der Waals surface area contributed by atoms with Gasteiger partial charge in [0.1, 0.15) is 5.82 Å². The zero-order valence-electron chi connectivity index (χ0n) is 17.3. The van der Waals surface area contributed by atoms with Crippen LogP contribution >= 0.6 is 0 Å². The first-order valence-electron chi connectivity index (χ1n) is 9.37. The first kappa shape index (κ1) is 20.7. The number of nitrogens with one attached hydrogen (secondary N) is 1.